The maximum atomic E-state index is 13.0. The second-order valence-corrected chi connectivity index (χ2v) is 7.14. The monoisotopic (exact) mass is 374 g/mol. The summed E-state index contributed by atoms with van der Waals surface area (Å²) in [7, 11) is 1.75. The van der Waals surface area contributed by atoms with Crippen LogP contribution in [0, 0.1) is 5.82 Å². The number of aromatic nitrogens is 1. The summed E-state index contributed by atoms with van der Waals surface area (Å²) in [4.78, 5) is 16.4. The first-order chi connectivity index (χ1) is 13.0. The molecule has 0 radical (unpaired) electrons. The summed E-state index contributed by atoms with van der Waals surface area (Å²) >= 11 is 0. The van der Waals surface area contributed by atoms with Crippen molar-refractivity contribution in [2.45, 2.75) is 45.3 Å². The van der Waals surface area contributed by atoms with Gasteiger partial charge in [-0.1, -0.05) is 24.2 Å². The van der Waals surface area contributed by atoms with Crippen LogP contribution in [0.3, 0.4) is 0 Å². The minimum absolute atomic E-state index is 0.107. The molecule has 27 heavy (non-hydrogen) atoms. The average Bonchev–Trinajstić information content (AvgIpc) is 3.11. The van der Waals surface area contributed by atoms with Gasteiger partial charge in [0, 0.05) is 32.2 Å². The molecular formula is C20H27FN4O2. The normalized spacial score (nSPS) is 17.7. The smallest absolute Gasteiger partial charge is 0.317 e. The van der Waals surface area contributed by atoms with Crippen LogP contribution < -0.4 is 5.32 Å². The molecule has 1 unspecified atom stereocenters. The van der Waals surface area contributed by atoms with E-state index in [1.807, 2.05) is 25.1 Å². The van der Waals surface area contributed by atoms with Crippen LogP contribution in [0.4, 0.5) is 9.18 Å². The van der Waals surface area contributed by atoms with E-state index in [1.165, 1.54) is 12.1 Å². The van der Waals surface area contributed by atoms with Crippen molar-refractivity contribution in [3.63, 3.8) is 0 Å². The topological polar surface area (TPSA) is 61.6 Å². The third-order valence-corrected chi connectivity index (χ3v) is 4.86. The number of urea groups is 1. The molecule has 0 bridgehead atoms. The number of rotatable bonds is 6. The first kappa shape index (κ1) is 19.4. The Balaban J connectivity index is 1.48. The lowest BCUT2D eigenvalue weighted by Crippen LogP contribution is -2.50. The number of nitrogens with one attached hydrogen (secondary N) is 1. The van der Waals surface area contributed by atoms with Crippen LogP contribution in [0.1, 0.15) is 36.8 Å². The van der Waals surface area contributed by atoms with Crippen molar-refractivity contribution in [1.82, 2.24) is 20.3 Å². The minimum Gasteiger partial charge on any atom is -0.359 e. The molecule has 0 saturated carbocycles. The minimum atomic E-state index is -0.219. The van der Waals surface area contributed by atoms with Gasteiger partial charge in [-0.05, 0) is 43.5 Å². The standard InChI is InChI=1S/C20H27FN4O2/c1-3-17-11-19(27-23-17)14-24(2)20(26)22-18-5-4-10-25(13-18)12-15-6-8-16(21)9-7-15/h6-9,11,18H,3-5,10,12-14H2,1-2H3,(H,22,26). The molecule has 1 N–H and O–H groups in total. The van der Waals surface area contributed by atoms with E-state index >= 15 is 0 Å². The summed E-state index contributed by atoms with van der Waals surface area (Å²) in [5.41, 5.74) is 1.97. The van der Waals surface area contributed by atoms with E-state index in [-0.39, 0.29) is 17.9 Å². The highest BCUT2D eigenvalue weighted by atomic mass is 19.1. The van der Waals surface area contributed by atoms with Gasteiger partial charge in [0.05, 0.1) is 12.2 Å². The largest absolute Gasteiger partial charge is 0.359 e. The van der Waals surface area contributed by atoms with Crippen LogP contribution in [-0.4, -0.2) is 47.2 Å². The Bertz CT molecular complexity index is 747. The molecule has 0 aliphatic carbocycles. The Morgan fingerprint density at radius 1 is 1.41 bits per heavy atom. The molecule has 1 atom stereocenters. The molecule has 2 amide bonds. The van der Waals surface area contributed by atoms with Crippen LogP contribution >= 0.6 is 0 Å². The van der Waals surface area contributed by atoms with Crippen LogP contribution in [0.5, 0.6) is 0 Å². The highest BCUT2D eigenvalue weighted by molar-refractivity contribution is 5.74. The number of nitrogens with zero attached hydrogens (tertiary/aromatic N) is 3. The molecule has 1 aromatic carbocycles. The van der Waals surface area contributed by atoms with Crippen LogP contribution in [0.15, 0.2) is 34.9 Å². The molecule has 6 nitrogen and oxygen atoms in total. The maximum absolute atomic E-state index is 13.0. The molecule has 1 aliphatic heterocycles. The zero-order valence-corrected chi connectivity index (χ0v) is 15.9. The van der Waals surface area contributed by atoms with Crippen molar-refractivity contribution >= 4 is 6.03 Å². The van der Waals surface area contributed by atoms with Crippen molar-refractivity contribution in [2.75, 3.05) is 20.1 Å². The van der Waals surface area contributed by atoms with Gasteiger partial charge >= 0.3 is 6.03 Å². The van der Waals surface area contributed by atoms with E-state index < -0.39 is 0 Å². The predicted molar refractivity (Wildman–Crippen MR) is 101 cm³/mol. The fraction of sp³-hybridized carbons (Fsp3) is 0.500. The van der Waals surface area contributed by atoms with Gasteiger partial charge in [-0.2, -0.15) is 0 Å². The SMILES string of the molecule is CCc1cc(CN(C)C(=O)NC2CCCN(Cc3ccc(F)cc3)C2)on1. The van der Waals surface area contributed by atoms with E-state index in [2.05, 4.69) is 15.4 Å². The van der Waals surface area contributed by atoms with Crippen LogP contribution in [0.2, 0.25) is 0 Å². The van der Waals surface area contributed by atoms with Crippen LogP contribution in [0.25, 0.3) is 0 Å². The van der Waals surface area contributed by atoms with Gasteiger partial charge in [-0.15, -0.1) is 0 Å². The zero-order valence-electron chi connectivity index (χ0n) is 15.9. The maximum Gasteiger partial charge on any atom is 0.317 e. The molecule has 1 aliphatic rings. The lowest BCUT2D eigenvalue weighted by atomic mass is 10.0. The van der Waals surface area contributed by atoms with Gasteiger partial charge in [-0.3, -0.25) is 4.90 Å². The van der Waals surface area contributed by atoms with Crippen molar-refractivity contribution in [1.29, 1.82) is 0 Å². The number of hydrogen-bond acceptors (Lipinski definition) is 4. The number of carbonyl (C=O) groups excluding carboxylic acids is 1. The number of hydrogen-bond donors (Lipinski definition) is 1. The van der Waals surface area contributed by atoms with Gasteiger partial charge in [0.1, 0.15) is 5.82 Å². The number of likely N-dealkylation sites (tertiary alicyclic amines) is 1. The van der Waals surface area contributed by atoms with Gasteiger partial charge in [0.2, 0.25) is 0 Å². The van der Waals surface area contributed by atoms with E-state index in [4.69, 9.17) is 4.52 Å². The number of piperidine rings is 1. The van der Waals surface area contributed by atoms with Gasteiger partial charge in [-0.25, -0.2) is 9.18 Å². The summed E-state index contributed by atoms with van der Waals surface area (Å²) in [5, 5.41) is 7.06. The van der Waals surface area contributed by atoms with Crippen molar-refractivity contribution in [3.05, 3.63) is 53.2 Å². The quantitative estimate of drug-likeness (QED) is 0.844. The molecule has 2 heterocycles. The average molecular weight is 374 g/mol. The van der Waals surface area contributed by atoms with Crippen LogP contribution in [-0.2, 0) is 19.5 Å². The highest BCUT2D eigenvalue weighted by Crippen LogP contribution is 2.15. The first-order valence-electron chi connectivity index (χ1n) is 9.46. The Labute approximate surface area is 159 Å². The first-order valence-corrected chi connectivity index (χ1v) is 9.46. The number of benzene rings is 1. The second kappa shape index (κ2) is 8.99. The van der Waals surface area contributed by atoms with E-state index in [1.54, 1.807) is 11.9 Å². The van der Waals surface area contributed by atoms with Crippen molar-refractivity contribution in [2.24, 2.45) is 0 Å². The molecular weight excluding hydrogens is 347 g/mol. The number of halogens is 1. The van der Waals surface area contributed by atoms with Gasteiger partial charge < -0.3 is 14.7 Å². The fourth-order valence-corrected chi connectivity index (χ4v) is 3.35. The molecule has 146 valence electrons. The molecule has 0 spiro atoms. The Morgan fingerprint density at radius 2 is 2.19 bits per heavy atom. The number of amides is 2. The Kier molecular flexibility index (Phi) is 6.45. The van der Waals surface area contributed by atoms with Gasteiger partial charge in [0.15, 0.2) is 5.76 Å². The van der Waals surface area contributed by atoms with Gasteiger partial charge in [0.25, 0.3) is 0 Å². The fourth-order valence-electron chi connectivity index (χ4n) is 3.35. The molecule has 1 aromatic heterocycles. The highest BCUT2D eigenvalue weighted by Gasteiger charge is 2.23. The third-order valence-electron chi connectivity index (χ3n) is 4.86. The zero-order chi connectivity index (χ0) is 19.2. The van der Waals surface area contributed by atoms with Crippen molar-refractivity contribution < 1.29 is 13.7 Å². The Morgan fingerprint density at radius 3 is 2.89 bits per heavy atom. The number of aryl methyl sites for hydroxylation is 1. The second-order valence-electron chi connectivity index (χ2n) is 7.14. The summed E-state index contributed by atoms with van der Waals surface area (Å²) < 4.78 is 18.3. The molecule has 1 saturated heterocycles. The summed E-state index contributed by atoms with van der Waals surface area (Å²) in [5.74, 6) is 0.467. The predicted octanol–water partition coefficient (Wildman–Crippen LogP) is 3.18. The number of carbonyl (C=O) groups is 1. The lowest BCUT2D eigenvalue weighted by Gasteiger charge is -2.34. The summed E-state index contributed by atoms with van der Waals surface area (Å²) in [6, 6.07) is 8.48. The summed E-state index contributed by atoms with van der Waals surface area (Å²) in [6.07, 6.45) is 2.80. The Hall–Kier alpha value is -2.41. The molecule has 3 rings (SSSR count). The molecule has 2 aromatic rings. The molecule has 7 heteroatoms. The van der Waals surface area contributed by atoms with E-state index in [0.717, 1.165) is 50.2 Å². The third kappa shape index (κ3) is 5.53. The lowest BCUT2D eigenvalue weighted by molar-refractivity contribution is 0.165. The van der Waals surface area contributed by atoms with E-state index in [0.29, 0.717) is 12.3 Å². The summed E-state index contributed by atoms with van der Waals surface area (Å²) in [6.45, 7) is 4.95. The molecule has 1 fully saturated rings. The van der Waals surface area contributed by atoms with Crippen molar-refractivity contribution in [3.8, 4) is 0 Å². The van der Waals surface area contributed by atoms with E-state index in [9.17, 15) is 9.18 Å².